The van der Waals surface area contributed by atoms with E-state index in [1.807, 2.05) is 30.3 Å². The van der Waals surface area contributed by atoms with Crippen molar-refractivity contribution < 1.29 is 4.57 Å². The molecule has 0 N–H and O–H groups in total. The van der Waals surface area contributed by atoms with E-state index >= 15 is 0 Å². The Balaban J connectivity index is 2.61. The maximum atomic E-state index is 13.6. The van der Waals surface area contributed by atoms with Gasteiger partial charge in [-0.15, -0.1) is 0 Å². The molecule has 0 aliphatic carbocycles. The molecule has 0 amide bonds. The summed E-state index contributed by atoms with van der Waals surface area (Å²) in [5, 5.41) is 0.959. The van der Waals surface area contributed by atoms with E-state index in [9.17, 15) is 4.57 Å². The summed E-state index contributed by atoms with van der Waals surface area (Å²) in [7, 11) is -2.56. The fraction of sp³-hybridized carbons (Fsp3) is 0.444. The molecule has 0 saturated carbocycles. The van der Waals surface area contributed by atoms with Crippen molar-refractivity contribution in [1.29, 1.82) is 0 Å². The van der Waals surface area contributed by atoms with Gasteiger partial charge in [0, 0.05) is 0 Å². The fourth-order valence-electron chi connectivity index (χ4n) is 2.06. The third-order valence-electron chi connectivity index (χ3n) is 3.48. The first-order valence-corrected chi connectivity index (χ1v) is 11.5. The van der Waals surface area contributed by atoms with Crippen LogP contribution in [-0.4, -0.2) is 20.9 Å². The Morgan fingerprint density at radius 1 is 0.810 bits per heavy atom. The molecular formula is C18H25OPTe. The molecule has 0 radical (unpaired) electrons. The third-order valence-corrected chi connectivity index (χ3v) is 12.4. The zero-order valence-corrected chi connectivity index (χ0v) is 17.0. The van der Waals surface area contributed by atoms with E-state index < -0.39 is 28.1 Å². The molecule has 0 aromatic heterocycles. The van der Waals surface area contributed by atoms with Crippen molar-refractivity contribution in [2.45, 2.75) is 41.5 Å². The summed E-state index contributed by atoms with van der Waals surface area (Å²) in [4.78, 5) is 0. The molecule has 0 atom stereocenters. The Hall–Kier alpha value is -0.280. The average molecular weight is 416 g/mol. The van der Waals surface area contributed by atoms with Gasteiger partial charge in [-0.05, 0) is 0 Å². The van der Waals surface area contributed by atoms with Gasteiger partial charge in [0.1, 0.15) is 0 Å². The molecule has 21 heavy (non-hydrogen) atoms. The predicted molar refractivity (Wildman–Crippen MR) is 94.5 cm³/mol. The first-order chi connectivity index (χ1) is 9.52. The van der Waals surface area contributed by atoms with Gasteiger partial charge in [-0.1, -0.05) is 0 Å². The molecule has 1 aromatic carbocycles. The normalized spacial score (nSPS) is 19.0. The van der Waals surface area contributed by atoms with Gasteiger partial charge in [0.2, 0.25) is 0 Å². The summed E-state index contributed by atoms with van der Waals surface area (Å²) in [6, 6.07) is 9.95. The van der Waals surface area contributed by atoms with E-state index in [0.29, 0.717) is 0 Å². The van der Waals surface area contributed by atoms with Gasteiger partial charge in [-0.25, -0.2) is 0 Å². The fourth-order valence-corrected chi connectivity index (χ4v) is 10.7. The standard InChI is InChI=1S/C18H25OPTe/c1-17(2,3)15-12-20(19,14-10-8-7-9-11-14)13-16(21-15)18(4,5)6/h7-13H,1-6H3. The number of hydrogen-bond acceptors (Lipinski definition) is 1. The average Bonchev–Trinajstić information content (AvgIpc) is 2.37. The molecular weight excluding hydrogens is 391 g/mol. The Kier molecular flexibility index (Phi) is 4.66. The van der Waals surface area contributed by atoms with Crippen LogP contribution in [0.1, 0.15) is 41.5 Å². The molecule has 0 unspecified atom stereocenters. The van der Waals surface area contributed by atoms with Crippen molar-refractivity contribution >= 4 is 33.4 Å². The third kappa shape index (κ3) is 3.92. The Labute approximate surface area is 139 Å². The van der Waals surface area contributed by atoms with E-state index in [4.69, 9.17) is 0 Å². The van der Waals surface area contributed by atoms with Crippen LogP contribution >= 0.6 is 7.14 Å². The van der Waals surface area contributed by atoms with E-state index in [1.165, 1.54) is 7.24 Å². The first-order valence-electron chi connectivity index (χ1n) is 7.32. The SMILES string of the molecule is CC(C)(C)C1=CP(=O)(c2ccccc2)C=C(C(C)(C)C)[Te]1. The van der Waals surface area contributed by atoms with Crippen LogP contribution in [0.25, 0.3) is 0 Å². The minimum absolute atomic E-state index is 0.109. The molecule has 1 heterocycles. The summed E-state index contributed by atoms with van der Waals surface area (Å²) in [6.07, 6.45) is 0. The van der Waals surface area contributed by atoms with Crippen molar-refractivity contribution in [2.24, 2.45) is 10.8 Å². The molecule has 0 spiro atoms. The zero-order valence-electron chi connectivity index (χ0n) is 13.8. The van der Waals surface area contributed by atoms with Crippen molar-refractivity contribution in [1.82, 2.24) is 0 Å². The topological polar surface area (TPSA) is 17.1 Å². The molecule has 1 nitrogen and oxygen atoms in total. The molecule has 0 saturated heterocycles. The molecule has 0 fully saturated rings. The van der Waals surface area contributed by atoms with Crippen molar-refractivity contribution in [3.05, 3.63) is 49.2 Å². The van der Waals surface area contributed by atoms with Crippen LogP contribution in [-0.2, 0) is 4.57 Å². The first kappa shape index (κ1) is 17.1. The molecule has 3 heteroatoms. The van der Waals surface area contributed by atoms with Crippen LogP contribution in [0, 0.1) is 10.8 Å². The van der Waals surface area contributed by atoms with Crippen molar-refractivity contribution in [3.8, 4) is 0 Å². The Morgan fingerprint density at radius 2 is 1.24 bits per heavy atom. The molecule has 0 bridgehead atoms. The Bertz CT molecular complexity index is 593. The second-order valence-electron chi connectivity index (χ2n) is 7.63. The maximum absolute atomic E-state index is 13.6. The summed E-state index contributed by atoms with van der Waals surface area (Å²) in [5.41, 5.74) is 0.217. The molecule has 1 aliphatic rings. The van der Waals surface area contributed by atoms with E-state index in [2.05, 4.69) is 53.2 Å². The number of rotatable bonds is 1. The van der Waals surface area contributed by atoms with Crippen LogP contribution in [0.2, 0.25) is 0 Å². The zero-order chi connectivity index (χ0) is 15.9. The van der Waals surface area contributed by atoms with Crippen LogP contribution in [0.15, 0.2) is 49.2 Å². The van der Waals surface area contributed by atoms with Gasteiger partial charge in [-0.2, -0.15) is 0 Å². The van der Waals surface area contributed by atoms with Crippen LogP contribution in [0.3, 0.4) is 0 Å². The summed E-state index contributed by atoms with van der Waals surface area (Å²) in [5.74, 6) is 4.22. The summed E-state index contributed by atoms with van der Waals surface area (Å²) < 4.78 is 16.5. The van der Waals surface area contributed by atoms with Crippen molar-refractivity contribution in [3.63, 3.8) is 0 Å². The summed E-state index contributed by atoms with van der Waals surface area (Å²) >= 11 is -0.404. The number of hydrogen-bond donors (Lipinski definition) is 0. The number of benzene rings is 1. The second-order valence-corrected chi connectivity index (χ2v) is 13.2. The van der Waals surface area contributed by atoms with Gasteiger partial charge >= 0.3 is 140 Å². The van der Waals surface area contributed by atoms with Crippen LogP contribution in [0.4, 0.5) is 0 Å². The Morgan fingerprint density at radius 3 is 1.62 bits per heavy atom. The second kappa shape index (κ2) is 5.73. The molecule has 114 valence electrons. The molecule has 1 aromatic rings. The van der Waals surface area contributed by atoms with Gasteiger partial charge in [0.15, 0.2) is 0 Å². The minimum atomic E-state index is -2.56. The number of allylic oxidation sites excluding steroid dienone is 2. The van der Waals surface area contributed by atoms with Crippen LogP contribution in [0.5, 0.6) is 0 Å². The van der Waals surface area contributed by atoms with E-state index in [1.54, 1.807) is 0 Å². The van der Waals surface area contributed by atoms with E-state index in [0.717, 1.165) is 5.30 Å². The van der Waals surface area contributed by atoms with Crippen LogP contribution < -0.4 is 5.30 Å². The molecule has 1 aliphatic heterocycles. The van der Waals surface area contributed by atoms with Crippen molar-refractivity contribution in [2.75, 3.05) is 0 Å². The summed E-state index contributed by atoms with van der Waals surface area (Å²) in [6.45, 7) is 13.4. The van der Waals surface area contributed by atoms with Gasteiger partial charge < -0.3 is 0 Å². The van der Waals surface area contributed by atoms with Gasteiger partial charge in [0.25, 0.3) is 0 Å². The molecule has 2 rings (SSSR count). The van der Waals surface area contributed by atoms with Gasteiger partial charge in [-0.3, -0.25) is 0 Å². The predicted octanol–water partition coefficient (Wildman–Crippen LogP) is 5.17. The monoisotopic (exact) mass is 418 g/mol. The quantitative estimate of drug-likeness (QED) is 0.457. The van der Waals surface area contributed by atoms with Gasteiger partial charge in [0.05, 0.1) is 0 Å². The van der Waals surface area contributed by atoms with E-state index in [-0.39, 0.29) is 10.8 Å².